The molecule has 0 spiro atoms. The normalized spacial score (nSPS) is 12.0. The lowest BCUT2D eigenvalue weighted by Gasteiger charge is -2.13. The van der Waals surface area contributed by atoms with Crippen LogP contribution in [0.4, 0.5) is 13.2 Å². The minimum atomic E-state index is -4.41. The highest BCUT2D eigenvalue weighted by Gasteiger charge is 2.30. The average Bonchev–Trinajstić information content (AvgIpc) is 3.21. The van der Waals surface area contributed by atoms with Crippen molar-refractivity contribution in [1.82, 2.24) is 4.57 Å². The third-order valence-electron chi connectivity index (χ3n) is 5.76. The minimum absolute atomic E-state index is 0.0853. The van der Waals surface area contributed by atoms with E-state index in [4.69, 9.17) is 21.2 Å². The molecule has 0 saturated heterocycles. The predicted molar refractivity (Wildman–Crippen MR) is 136 cm³/mol. The Kier molecular flexibility index (Phi) is 7.40. The molecule has 0 amide bonds. The molecule has 0 aliphatic rings. The van der Waals surface area contributed by atoms with E-state index in [0.717, 1.165) is 46.1 Å². The van der Waals surface area contributed by atoms with Gasteiger partial charge in [0.05, 0.1) is 24.1 Å². The zero-order valence-corrected chi connectivity index (χ0v) is 20.7. The lowest BCUT2D eigenvalue weighted by Crippen LogP contribution is -2.05. The maximum Gasteiger partial charge on any atom is 0.416 e. The highest BCUT2D eigenvalue weighted by Crippen LogP contribution is 2.33. The van der Waals surface area contributed by atoms with Crippen LogP contribution in [0.3, 0.4) is 0 Å². The van der Waals surface area contributed by atoms with Crippen molar-refractivity contribution in [2.24, 2.45) is 5.16 Å². The number of oxime groups is 1. The molecule has 0 aliphatic carbocycles. The Morgan fingerprint density at radius 1 is 0.972 bits per heavy atom. The molecule has 0 unspecified atom stereocenters. The second-order valence-corrected chi connectivity index (χ2v) is 8.66. The molecule has 4 aromatic rings. The number of rotatable bonds is 7. The Labute approximate surface area is 212 Å². The Morgan fingerprint density at radius 2 is 1.72 bits per heavy atom. The average molecular weight is 513 g/mol. The van der Waals surface area contributed by atoms with Gasteiger partial charge in [0.1, 0.15) is 12.4 Å². The van der Waals surface area contributed by atoms with Crippen LogP contribution in [-0.4, -0.2) is 17.4 Å². The van der Waals surface area contributed by atoms with Crippen molar-refractivity contribution in [1.29, 1.82) is 0 Å². The number of ether oxygens (including phenoxy) is 1. The third-order valence-corrected chi connectivity index (χ3v) is 5.99. The zero-order chi connectivity index (χ0) is 25.9. The first-order chi connectivity index (χ1) is 17.2. The van der Waals surface area contributed by atoms with E-state index in [1.54, 1.807) is 20.1 Å². The van der Waals surface area contributed by atoms with E-state index < -0.39 is 11.7 Å². The van der Waals surface area contributed by atoms with Gasteiger partial charge < -0.3 is 14.1 Å². The molecule has 186 valence electrons. The summed E-state index contributed by atoms with van der Waals surface area (Å²) in [5.74, 6) is 0.723. The molecule has 0 N–H and O–H groups in total. The lowest BCUT2D eigenvalue weighted by atomic mass is 10.1. The third kappa shape index (κ3) is 5.57. The molecule has 1 heterocycles. The van der Waals surface area contributed by atoms with Gasteiger partial charge in [-0.25, -0.2) is 0 Å². The van der Waals surface area contributed by atoms with Crippen LogP contribution in [0.1, 0.15) is 29.3 Å². The number of halogens is 4. The molecule has 1 aromatic heterocycles. The van der Waals surface area contributed by atoms with Crippen LogP contribution in [-0.2, 0) is 17.6 Å². The lowest BCUT2D eigenvalue weighted by molar-refractivity contribution is -0.137. The maximum absolute atomic E-state index is 13.0. The number of nitrogens with zero attached hydrogens (tertiary/aromatic N) is 2. The van der Waals surface area contributed by atoms with Gasteiger partial charge in [-0.2, -0.15) is 13.2 Å². The van der Waals surface area contributed by atoms with Crippen LogP contribution >= 0.6 is 11.6 Å². The number of hydrogen-bond acceptors (Lipinski definition) is 3. The maximum atomic E-state index is 13.0. The first kappa shape index (κ1) is 25.4. The van der Waals surface area contributed by atoms with Gasteiger partial charge in [-0.3, -0.25) is 0 Å². The fraction of sp³-hybridized carbons (Fsp3) is 0.179. The summed E-state index contributed by atoms with van der Waals surface area (Å²) >= 11 is 6.28. The summed E-state index contributed by atoms with van der Waals surface area (Å²) in [5.41, 5.74) is 4.69. The molecule has 0 saturated carbocycles. The first-order valence-corrected chi connectivity index (χ1v) is 11.5. The standard InChI is InChI=1S/C28H24ClF3N2O2/c1-18(33-36-17-20-7-4-9-22(13-20)28(30,31)32)26-16-27(21-8-5-12-25(14-21)35-3)34(19(26)2)24-11-6-10-23(29)15-24/h4-16H,17H2,1-3H3. The van der Waals surface area contributed by atoms with Crippen molar-refractivity contribution in [3.05, 3.63) is 106 Å². The molecule has 0 radical (unpaired) electrons. The molecule has 0 aliphatic heterocycles. The van der Waals surface area contributed by atoms with Crippen LogP contribution < -0.4 is 4.74 Å². The van der Waals surface area contributed by atoms with Crippen molar-refractivity contribution in [2.45, 2.75) is 26.6 Å². The summed E-state index contributed by atoms with van der Waals surface area (Å²) in [6.07, 6.45) is -4.41. The van der Waals surface area contributed by atoms with E-state index in [1.165, 1.54) is 6.07 Å². The summed E-state index contributed by atoms with van der Waals surface area (Å²) in [7, 11) is 1.62. The van der Waals surface area contributed by atoms with Crippen LogP contribution in [0.25, 0.3) is 16.9 Å². The molecule has 0 fully saturated rings. The largest absolute Gasteiger partial charge is 0.497 e. The second kappa shape index (κ2) is 10.5. The van der Waals surface area contributed by atoms with Crippen molar-refractivity contribution >= 4 is 17.3 Å². The molecule has 0 atom stereocenters. The molecule has 4 nitrogen and oxygen atoms in total. The topological polar surface area (TPSA) is 35.8 Å². The van der Waals surface area contributed by atoms with Gasteiger partial charge in [0.15, 0.2) is 0 Å². The van der Waals surface area contributed by atoms with E-state index in [2.05, 4.69) is 9.72 Å². The van der Waals surface area contributed by atoms with E-state index in [-0.39, 0.29) is 6.61 Å². The second-order valence-electron chi connectivity index (χ2n) is 8.22. The van der Waals surface area contributed by atoms with Gasteiger partial charge in [0, 0.05) is 27.5 Å². The molecular weight excluding hydrogens is 489 g/mol. The first-order valence-electron chi connectivity index (χ1n) is 11.1. The zero-order valence-electron chi connectivity index (χ0n) is 19.9. The van der Waals surface area contributed by atoms with Crippen LogP contribution in [0, 0.1) is 6.92 Å². The molecule has 36 heavy (non-hydrogen) atoms. The minimum Gasteiger partial charge on any atom is -0.497 e. The monoisotopic (exact) mass is 512 g/mol. The highest BCUT2D eigenvalue weighted by molar-refractivity contribution is 6.30. The van der Waals surface area contributed by atoms with Gasteiger partial charge in [-0.15, -0.1) is 0 Å². The number of methoxy groups -OCH3 is 1. The molecule has 4 rings (SSSR count). The highest BCUT2D eigenvalue weighted by atomic mass is 35.5. The van der Waals surface area contributed by atoms with Gasteiger partial charge in [-0.1, -0.05) is 47.1 Å². The summed E-state index contributed by atoms with van der Waals surface area (Å²) in [6.45, 7) is 3.68. The summed E-state index contributed by atoms with van der Waals surface area (Å²) in [4.78, 5) is 5.44. The Balaban J connectivity index is 1.69. The SMILES string of the molecule is COc1cccc(-c2cc(C(C)=NOCc3cccc(C(F)(F)F)c3)c(C)n2-c2cccc(Cl)c2)c1. The van der Waals surface area contributed by atoms with Crippen molar-refractivity contribution in [3.8, 4) is 22.7 Å². The van der Waals surface area contributed by atoms with Crippen LogP contribution in [0.5, 0.6) is 5.75 Å². The number of aromatic nitrogens is 1. The quantitative estimate of drug-likeness (QED) is 0.185. The number of hydrogen-bond donors (Lipinski definition) is 0. The van der Waals surface area contributed by atoms with E-state index in [9.17, 15) is 13.2 Å². The van der Waals surface area contributed by atoms with Gasteiger partial charge >= 0.3 is 6.18 Å². The van der Waals surface area contributed by atoms with E-state index in [1.807, 2.05) is 61.5 Å². The molecule has 0 bridgehead atoms. The molecule has 8 heteroatoms. The summed E-state index contributed by atoms with van der Waals surface area (Å²) in [6, 6.07) is 22.3. The molecule has 3 aromatic carbocycles. The van der Waals surface area contributed by atoms with Crippen molar-refractivity contribution < 1.29 is 22.7 Å². The van der Waals surface area contributed by atoms with Crippen molar-refractivity contribution in [2.75, 3.05) is 7.11 Å². The summed E-state index contributed by atoms with van der Waals surface area (Å²) in [5, 5.41) is 4.81. The summed E-state index contributed by atoms with van der Waals surface area (Å²) < 4.78 is 46.4. The molecular formula is C28H24ClF3N2O2. The van der Waals surface area contributed by atoms with Crippen molar-refractivity contribution in [3.63, 3.8) is 0 Å². The fourth-order valence-electron chi connectivity index (χ4n) is 4.01. The number of benzene rings is 3. The fourth-order valence-corrected chi connectivity index (χ4v) is 4.19. The van der Waals surface area contributed by atoms with Crippen LogP contribution in [0.2, 0.25) is 5.02 Å². The van der Waals surface area contributed by atoms with E-state index >= 15 is 0 Å². The van der Waals surface area contributed by atoms with E-state index in [0.29, 0.717) is 16.3 Å². The number of alkyl halides is 3. The van der Waals surface area contributed by atoms with Gasteiger partial charge in [-0.05, 0) is 67.9 Å². The smallest absolute Gasteiger partial charge is 0.416 e. The van der Waals surface area contributed by atoms with Crippen LogP contribution in [0.15, 0.2) is 84.0 Å². The Morgan fingerprint density at radius 3 is 2.44 bits per heavy atom. The van der Waals surface area contributed by atoms with Gasteiger partial charge in [0.2, 0.25) is 0 Å². The predicted octanol–water partition coefficient (Wildman–Crippen LogP) is 8.07. The Hall–Kier alpha value is -3.71. The Bertz CT molecular complexity index is 1410. The van der Waals surface area contributed by atoms with Gasteiger partial charge in [0.25, 0.3) is 0 Å².